The summed E-state index contributed by atoms with van der Waals surface area (Å²) in [5.74, 6) is 0.596. The van der Waals surface area contributed by atoms with Crippen molar-refractivity contribution in [3.8, 4) is 5.75 Å². The predicted molar refractivity (Wildman–Crippen MR) is 90.1 cm³/mol. The van der Waals surface area contributed by atoms with Gasteiger partial charge in [0, 0.05) is 37.6 Å². The van der Waals surface area contributed by atoms with Gasteiger partial charge < -0.3 is 14.5 Å². The van der Waals surface area contributed by atoms with E-state index in [0.29, 0.717) is 48.9 Å². The van der Waals surface area contributed by atoms with Crippen LogP contribution in [0.15, 0.2) is 12.1 Å². The quantitative estimate of drug-likeness (QED) is 0.851. The molecule has 0 atom stereocenters. The van der Waals surface area contributed by atoms with Crippen molar-refractivity contribution in [1.82, 2.24) is 9.80 Å². The van der Waals surface area contributed by atoms with Crippen molar-refractivity contribution in [2.24, 2.45) is 0 Å². The highest BCUT2D eigenvalue weighted by atomic mass is 35.5. The third-order valence-corrected chi connectivity index (χ3v) is 4.33. The zero-order valence-corrected chi connectivity index (χ0v) is 14.7. The van der Waals surface area contributed by atoms with Crippen LogP contribution in [0.4, 0.5) is 0 Å². The van der Waals surface area contributed by atoms with E-state index in [-0.39, 0.29) is 11.8 Å². The van der Waals surface area contributed by atoms with Gasteiger partial charge in [0.1, 0.15) is 5.75 Å². The molecule has 5 nitrogen and oxygen atoms in total. The second-order valence-corrected chi connectivity index (χ2v) is 6.12. The second kappa shape index (κ2) is 7.68. The maximum Gasteiger partial charge on any atom is 0.257 e. The summed E-state index contributed by atoms with van der Waals surface area (Å²) in [6.45, 7) is 6.14. The van der Waals surface area contributed by atoms with Crippen LogP contribution in [0.3, 0.4) is 0 Å². The minimum Gasteiger partial charge on any atom is -0.496 e. The first-order valence-electron chi connectivity index (χ1n) is 7.89. The fourth-order valence-electron chi connectivity index (χ4n) is 2.92. The number of nitrogens with zero attached hydrogens (tertiary/aromatic N) is 2. The fourth-order valence-corrected chi connectivity index (χ4v) is 3.20. The topological polar surface area (TPSA) is 49.9 Å². The third kappa shape index (κ3) is 3.96. The predicted octanol–water partition coefficient (Wildman–Crippen LogP) is 2.74. The molecule has 0 aliphatic carbocycles. The van der Waals surface area contributed by atoms with Crippen LogP contribution in [0.2, 0.25) is 5.02 Å². The number of methoxy groups -OCH3 is 1. The smallest absolute Gasteiger partial charge is 0.257 e. The number of halogens is 1. The Labute approximate surface area is 142 Å². The lowest BCUT2D eigenvalue weighted by Gasteiger charge is -2.23. The number of amides is 2. The number of hydrogen-bond acceptors (Lipinski definition) is 3. The molecule has 1 saturated heterocycles. The van der Waals surface area contributed by atoms with E-state index >= 15 is 0 Å². The Morgan fingerprint density at radius 2 is 1.83 bits per heavy atom. The Balaban J connectivity index is 2.19. The molecule has 0 unspecified atom stereocenters. The van der Waals surface area contributed by atoms with Crippen LogP contribution in [-0.2, 0) is 4.79 Å². The molecule has 2 rings (SSSR count). The largest absolute Gasteiger partial charge is 0.496 e. The van der Waals surface area contributed by atoms with Crippen molar-refractivity contribution in [3.63, 3.8) is 0 Å². The van der Waals surface area contributed by atoms with Crippen LogP contribution < -0.4 is 4.74 Å². The molecule has 0 spiro atoms. The molecule has 1 heterocycles. The average Bonchev–Trinajstić information content (AvgIpc) is 2.78. The molecule has 126 valence electrons. The van der Waals surface area contributed by atoms with Crippen molar-refractivity contribution in [2.45, 2.75) is 26.7 Å². The van der Waals surface area contributed by atoms with E-state index in [2.05, 4.69) is 0 Å². The molecule has 6 heteroatoms. The van der Waals surface area contributed by atoms with E-state index in [9.17, 15) is 9.59 Å². The maximum absolute atomic E-state index is 12.9. The molecule has 1 aliphatic heterocycles. The lowest BCUT2D eigenvalue weighted by Crippen LogP contribution is -2.37. The van der Waals surface area contributed by atoms with Crippen molar-refractivity contribution in [2.75, 3.05) is 33.3 Å². The van der Waals surface area contributed by atoms with E-state index < -0.39 is 0 Å². The number of ether oxygens (including phenoxy) is 1. The summed E-state index contributed by atoms with van der Waals surface area (Å²) in [4.78, 5) is 28.3. The van der Waals surface area contributed by atoms with Gasteiger partial charge >= 0.3 is 0 Å². The van der Waals surface area contributed by atoms with Gasteiger partial charge in [-0.3, -0.25) is 9.59 Å². The van der Waals surface area contributed by atoms with E-state index in [4.69, 9.17) is 16.3 Å². The Kier molecular flexibility index (Phi) is 5.88. The number of benzene rings is 1. The van der Waals surface area contributed by atoms with Gasteiger partial charge in [0.05, 0.1) is 12.7 Å². The second-order valence-electron chi connectivity index (χ2n) is 5.68. The van der Waals surface area contributed by atoms with Crippen molar-refractivity contribution in [1.29, 1.82) is 0 Å². The number of carbonyl (C=O) groups excluding carboxylic acids is 2. The van der Waals surface area contributed by atoms with Crippen molar-refractivity contribution in [3.05, 3.63) is 28.3 Å². The van der Waals surface area contributed by atoms with Crippen LogP contribution in [0.1, 0.15) is 35.7 Å². The first kappa shape index (κ1) is 17.6. The van der Waals surface area contributed by atoms with Crippen LogP contribution in [-0.4, -0.2) is 54.9 Å². The molecular formula is C17H23ClN2O3. The van der Waals surface area contributed by atoms with E-state index in [1.165, 1.54) is 0 Å². The SMILES string of the molecule is CCC(=O)N1CCCN(C(=O)c2cc(Cl)cc(C)c2OC)CC1. The standard InChI is InChI=1S/C17H23ClN2O3/c1-4-15(21)19-6-5-7-20(9-8-19)17(22)14-11-13(18)10-12(2)16(14)23-3/h10-11H,4-9H2,1-3H3. The molecule has 0 aromatic heterocycles. The fraction of sp³-hybridized carbons (Fsp3) is 0.529. The van der Waals surface area contributed by atoms with Crippen molar-refractivity contribution < 1.29 is 14.3 Å². The van der Waals surface area contributed by atoms with Crippen molar-refractivity contribution >= 4 is 23.4 Å². The molecule has 0 N–H and O–H groups in total. The zero-order chi connectivity index (χ0) is 17.0. The number of carbonyl (C=O) groups is 2. The van der Waals surface area contributed by atoms with Crippen LogP contribution in [0.5, 0.6) is 5.75 Å². The minimum absolute atomic E-state index is 0.0988. The van der Waals surface area contributed by atoms with Crippen LogP contribution in [0.25, 0.3) is 0 Å². The molecule has 1 aromatic rings. The summed E-state index contributed by atoms with van der Waals surface area (Å²) in [6.07, 6.45) is 1.27. The van der Waals surface area contributed by atoms with Gasteiger partial charge in [-0.2, -0.15) is 0 Å². The molecule has 2 amide bonds. The van der Waals surface area contributed by atoms with Gasteiger partial charge in [-0.05, 0) is 31.0 Å². The molecule has 1 fully saturated rings. The summed E-state index contributed by atoms with van der Waals surface area (Å²) in [5.41, 5.74) is 1.31. The number of aryl methyl sites for hydroxylation is 1. The maximum atomic E-state index is 12.9. The van der Waals surface area contributed by atoms with Gasteiger partial charge in [0.2, 0.25) is 5.91 Å². The first-order valence-corrected chi connectivity index (χ1v) is 8.27. The summed E-state index contributed by atoms with van der Waals surface area (Å²) in [5, 5.41) is 0.518. The zero-order valence-electron chi connectivity index (χ0n) is 13.9. The highest BCUT2D eigenvalue weighted by Gasteiger charge is 2.25. The Hall–Kier alpha value is -1.75. The molecule has 1 aliphatic rings. The molecule has 1 aromatic carbocycles. The first-order chi connectivity index (χ1) is 11.0. The average molecular weight is 339 g/mol. The molecule has 0 radical (unpaired) electrons. The summed E-state index contributed by atoms with van der Waals surface area (Å²) in [7, 11) is 1.55. The molecule has 0 saturated carbocycles. The van der Waals surface area contributed by atoms with Crippen LogP contribution >= 0.6 is 11.6 Å². The van der Waals surface area contributed by atoms with Gasteiger partial charge in [-0.1, -0.05) is 18.5 Å². The molecule has 23 heavy (non-hydrogen) atoms. The summed E-state index contributed by atoms with van der Waals surface area (Å²) >= 11 is 6.10. The van der Waals surface area contributed by atoms with E-state index in [1.807, 2.05) is 18.7 Å². The lowest BCUT2D eigenvalue weighted by molar-refractivity contribution is -0.130. The normalized spacial score (nSPS) is 15.3. The Morgan fingerprint density at radius 1 is 1.17 bits per heavy atom. The molecular weight excluding hydrogens is 316 g/mol. The van der Waals surface area contributed by atoms with E-state index in [1.54, 1.807) is 24.1 Å². The Bertz CT molecular complexity index is 604. The Morgan fingerprint density at radius 3 is 2.48 bits per heavy atom. The van der Waals surface area contributed by atoms with Gasteiger partial charge in [-0.15, -0.1) is 0 Å². The summed E-state index contributed by atoms with van der Waals surface area (Å²) in [6, 6.07) is 3.43. The van der Waals surface area contributed by atoms with Crippen LogP contribution in [0, 0.1) is 6.92 Å². The van der Waals surface area contributed by atoms with E-state index in [0.717, 1.165) is 12.0 Å². The monoisotopic (exact) mass is 338 g/mol. The number of rotatable bonds is 3. The summed E-state index contributed by atoms with van der Waals surface area (Å²) < 4.78 is 5.38. The van der Waals surface area contributed by atoms with Gasteiger partial charge in [-0.25, -0.2) is 0 Å². The molecule has 0 bridgehead atoms. The highest BCUT2D eigenvalue weighted by Crippen LogP contribution is 2.29. The van der Waals surface area contributed by atoms with Gasteiger partial charge in [0.25, 0.3) is 5.91 Å². The van der Waals surface area contributed by atoms with Gasteiger partial charge in [0.15, 0.2) is 0 Å². The minimum atomic E-state index is -0.0988. The number of hydrogen-bond donors (Lipinski definition) is 0. The lowest BCUT2D eigenvalue weighted by atomic mass is 10.1. The highest BCUT2D eigenvalue weighted by molar-refractivity contribution is 6.31. The third-order valence-electron chi connectivity index (χ3n) is 4.11.